The monoisotopic (exact) mass is 271 g/mol. The molecule has 1 heterocycles. The van der Waals surface area contributed by atoms with Gasteiger partial charge in [-0.05, 0) is 32.9 Å². The second-order valence-corrected chi connectivity index (χ2v) is 5.71. The first-order chi connectivity index (χ1) is 8.43. The van der Waals surface area contributed by atoms with Gasteiger partial charge in [0.05, 0.1) is 17.6 Å². The Balaban J connectivity index is 2.34. The van der Waals surface area contributed by atoms with Crippen molar-refractivity contribution in [2.45, 2.75) is 38.4 Å². The lowest BCUT2D eigenvalue weighted by atomic mass is 10.0. The lowest BCUT2D eigenvalue weighted by Gasteiger charge is -2.43. The number of benzene rings is 1. The van der Waals surface area contributed by atoms with Crippen LogP contribution in [0.25, 0.3) is 0 Å². The van der Waals surface area contributed by atoms with Gasteiger partial charge in [-0.25, -0.2) is 4.39 Å². The topological polar surface area (TPSA) is 12.5 Å². The van der Waals surface area contributed by atoms with Crippen molar-refractivity contribution in [3.63, 3.8) is 0 Å². The van der Waals surface area contributed by atoms with Crippen molar-refractivity contribution in [1.29, 1.82) is 0 Å². The van der Waals surface area contributed by atoms with Gasteiger partial charge >= 0.3 is 0 Å². The summed E-state index contributed by atoms with van der Waals surface area (Å²) in [5.41, 5.74) is 1.23. The number of nitrogens with zero attached hydrogens (tertiary/aromatic N) is 1. The molecular formula is C14H19ClFNO. The average Bonchev–Trinajstić information content (AvgIpc) is 2.25. The van der Waals surface area contributed by atoms with Crippen LogP contribution in [-0.4, -0.2) is 24.8 Å². The number of anilines is 1. The number of morpholine rings is 1. The molecule has 1 saturated heterocycles. The Labute approximate surface area is 113 Å². The van der Waals surface area contributed by atoms with E-state index in [0.29, 0.717) is 5.56 Å². The molecule has 2 rings (SSSR count). The van der Waals surface area contributed by atoms with Crippen molar-refractivity contribution in [2.75, 3.05) is 18.0 Å². The van der Waals surface area contributed by atoms with Crippen molar-refractivity contribution in [2.24, 2.45) is 0 Å². The molecule has 0 saturated carbocycles. The van der Waals surface area contributed by atoms with Crippen molar-refractivity contribution >= 4 is 17.3 Å². The zero-order chi connectivity index (χ0) is 13.3. The van der Waals surface area contributed by atoms with Crippen LogP contribution in [0.3, 0.4) is 0 Å². The largest absolute Gasteiger partial charge is 0.369 e. The molecule has 1 unspecified atom stereocenters. The highest BCUT2D eigenvalue weighted by Gasteiger charge is 2.32. The highest BCUT2D eigenvalue weighted by molar-refractivity contribution is 6.17. The van der Waals surface area contributed by atoms with Crippen LogP contribution in [-0.2, 0) is 10.6 Å². The van der Waals surface area contributed by atoms with Crippen LogP contribution in [0, 0.1) is 5.82 Å². The summed E-state index contributed by atoms with van der Waals surface area (Å²) in [6.45, 7) is 7.64. The minimum Gasteiger partial charge on any atom is -0.369 e. The highest BCUT2D eigenvalue weighted by Crippen LogP contribution is 2.30. The van der Waals surface area contributed by atoms with Crippen LogP contribution in [0.2, 0.25) is 0 Å². The Bertz CT molecular complexity index is 436. The van der Waals surface area contributed by atoms with Gasteiger partial charge in [-0.2, -0.15) is 0 Å². The van der Waals surface area contributed by atoms with Gasteiger partial charge in [-0.3, -0.25) is 0 Å². The Morgan fingerprint density at radius 2 is 2.22 bits per heavy atom. The summed E-state index contributed by atoms with van der Waals surface area (Å²) in [6.07, 6.45) is 0.125. The van der Waals surface area contributed by atoms with E-state index in [0.717, 1.165) is 18.8 Å². The zero-order valence-corrected chi connectivity index (χ0v) is 11.8. The summed E-state index contributed by atoms with van der Waals surface area (Å²) in [5.74, 6) is -0.0480. The fourth-order valence-corrected chi connectivity index (χ4v) is 2.88. The number of rotatable bonds is 2. The molecule has 1 aliphatic heterocycles. The molecular weight excluding hydrogens is 253 g/mol. The second kappa shape index (κ2) is 5.06. The molecule has 0 spiro atoms. The Kier molecular flexibility index (Phi) is 3.83. The van der Waals surface area contributed by atoms with Gasteiger partial charge in [0.2, 0.25) is 0 Å². The molecule has 0 aromatic heterocycles. The van der Waals surface area contributed by atoms with Gasteiger partial charge in [0.25, 0.3) is 0 Å². The average molecular weight is 272 g/mol. The van der Waals surface area contributed by atoms with E-state index < -0.39 is 0 Å². The van der Waals surface area contributed by atoms with Crippen LogP contribution in [0.5, 0.6) is 0 Å². The third-order valence-electron chi connectivity index (χ3n) is 3.14. The molecule has 18 heavy (non-hydrogen) atoms. The van der Waals surface area contributed by atoms with E-state index in [2.05, 4.69) is 18.7 Å². The molecule has 100 valence electrons. The van der Waals surface area contributed by atoms with E-state index in [4.69, 9.17) is 16.3 Å². The first-order valence-electron chi connectivity index (χ1n) is 6.19. The van der Waals surface area contributed by atoms with Gasteiger partial charge in [0.15, 0.2) is 0 Å². The molecule has 0 radical (unpaired) electrons. The van der Waals surface area contributed by atoms with E-state index in [-0.39, 0.29) is 23.4 Å². The van der Waals surface area contributed by atoms with Crippen molar-refractivity contribution in [1.82, 2.24) is 0 Å². The second-order valence-electron chi connectivity index (χ2n) is 5.44. The molecule has 0 N–H and O–H groups in total. The van der Waals surface area contributed by atoms with Gasteiger partial charge in [-0.15, -0.1) is 11.6 Å². The Hall–Kier alpha value is -0.800. The normalized spacial score (nSPS) is 23.2. The number of halogens is 2. The van der Waals surface area contributed by atoms with Gasteiger partial charge in [0.1, 0.15) is 5.82 Å². The van der Waals surface area contributed by atoms with E-state index in [1.807, 2.05) is 13.0 Å². The van der Waals surface area contributed by atoms with Gasteiger partial charge in [-0.1, -0.05) is 6.07 Å². The Morgan fingerprint density at radius 3 is 2.83 bits per heavy atom. The van der Waals surface area contributed by atoms with Crippen LogP contribution in [0.1, 0.15) is 26.3 Å². The number of alkyl halides is 1. The van der Waals surface area contributed by atoms with Gasteiger partial charge < -0.3 is 9.64 Å². The lowest BCUT2D eigenvalue weighted by molar-refractivity contribution is -0.0750. The SMILES string of the molecule is CC1CN(c2cccc(F)c2CCl)CC(C)(C)O1. The molecule has 1 fully saturated rings. The molecule has 1 atom stereocenters. The van der Waals surface area contributed by atoms with Crippen molar-refractivity contribution in [3.8, 4) is 0 Å². The summed E-state index contributed by atoms with van der Waals surface area (Å²) in [6, 6.07) is 5.11. The lowest BCUT2D eigenvalue weighted by Crippen LogP contribution is -2.52. The van der Waals surface area contributed by atoms with Crippen molar-refractivity contribution in [3.05, 3.63) is 29.6 Å². The van der Waals surface area contributed by atoms with Crippen LogP contribution in [0.15, 0.2) is 18.2 Å². The standard InChI is InChI=1S/C14H19ClFNO/c1-10-8-17(9-14(2,3)18-10)13-6-4-5-12(16)11(13)7-15/h4-6,10H,7-9H2,1-3H3. The minimum absolute atomic E-state index is 0.125. The summed E-state index contributed by atoms with van der Waals surface area (Å²) >= 11 is 5.87. The first kappa shape index (κ1) is 13.6. The van der Waals surface area contributed by atoms with Crippen LogP contribution < -0.4 is 4.90 Å². The smallest absolute Gasteiger partial charge is 0.129 e. The first-order valence-corrected chi connectivity index (χ1v) is 6.72. The quantitative estimate of drug-likeness (QED) is 0.763. The third kappa shape index (κ3) is 2.78. The summed E-state index contributed by atoms with van der Waals surface area (Å²) < 4.78 is 19.6. The molecule has 1 aromatic rings. The van der Waals surface area contributed by atoms with E-state index >= 15 is 0 Å². The predicted octanol–water partition coefficient (Wildman–Crippen LogP) is 3.57. The van der Waals surface area contributed by atoms with Crippen LogP contribution in [0.4, 0.5) is 10.1 Å². The van der Waals surface area contributed by atoms with Gasteiger partial charge in [0, 0.05) is 24.3 Å². The number of ether oxygens (including phenoxy) is 1. The van der Waals surface area contributed by atoms with Crippen molar-refractivity contribution < 1.29 is 9.13 Å². The Morgan fingerprint density at radius 1 is 1.50 bits per heavy atom. The molecule has 1 aromatic carbocycles. The summed E-state index contributed by atoms with van der Waals surface area (Å²) in [7, 11) is 0. The molecule has 0 bridgehead atoms. The maximum absolute atomic E-state index is 13.8. The molecule has 4 heteroatoms. The molecule has 0 aliphatic carbocycles. The fourth-order valence-electron chi connectivity index (χ4n) is 2.61. The third-order valence-corrected chi connectivity index (χ3v) is 3.41. The fraction of sp³-hybridized carbons (Fsp3) is 0.571. The summed E-state index contributed by atoms with van der Waals surface area (Å²) in [5, 5.41) is 0. The van der Waals surface area contributed by atoms with Crippen LogP contribution >= 0.6 is 11.6 Å². The zero-order valence-electron chi connectivity index (χ0n) is 11.0. The van der Waals surface area contributed by atoms with E-state index in [1.165, 1.54) is 6.07 Å². The maximum Gasteiger partial charge on any atom is 0.129 e. The highest BCUT2D eigenvalue weighted by atomic mass is 35.5. The van der Waals surface area contributed by atoms with E-state index in [1.54, 1.807) is 6.07 Å². The van der Waals surface area contributed by atoms with E-state index in [9.17, 15) is 4.39 Å². The number of hydrogen-bond acceptors (Lipinski definition) is 2. The number of hydrogen-bond donors (Lipinski definition) is 0. The minimum atomic E-state index is -0.237. The predicted molar refractivity (Wildman–Crippen MR) is 72.8 cm³/mol. The summed E-state index contributed by atoms with van der Waals surface area (Å²) in [4.78, 5) is 2.16. The molecule has 0 amide bonds. The molecule has 1 aliphatic rings. The maximum atomic E-state index is 13.8. The molecule has 2 nitrogen and oxygen atoms in total.